The first kappa shape index (κ1) is 17.1. The Hall–Kier alpha value is -0.910. The van der Waals surface area contributed by atoms with E-state index in [-0.39, 0.29) is 5.75 Å². The minimum atomic E-state index is -2.83. The molecular weight excluding hydrogens is 286 g/mol. The fourth-order valence-electron chi connectivity index (χ4n) is 1.90. The van der Waals surface area contributed by atoms with E-state index in [9.17, 15) is 8.78 Å². The molecule has 0 saturated carbocycles. The Bertz CT molecular complexity index is 401. The highest BCUT2D eigenvalue weighted by atomic mass is 35.5. The quantitative estimate of drug-likeness (QED) is 0.708. The summed E-state index contributed by atoms with van der Waals surface area (Å²) in [6.07, 6.45) is 0. The smallest absolute Gasteiger partial charge is 0.387 e. The van der Waals surface area contributed by atoms with E-state index in [1.54, 1.807) is 12.1 Å². The largest absolute Gasteiger partial charge is 0.434 e. The number of nitrogens with one attached hydrogen (secondary N) is 1. The summed E-state index contributed by atoms with van der Waals surface area (Å²) in [6, 6.07) is 4.65. The van der Waals surface area contributed by atoms with Crippen molar-refractivity contribution < 1.29 is 13.5 Å². The van der Waals surface area contributed by atoms with Gasteiger partial charge < -0.3 is 15.0 Å². The Morgan fingerprint density at radius 2 is 2.00 bits per heavy atom. The zero-order valence-electron chi connectivity index (χ0n) is 11.8. The van der Waals surface area contributed by atoms with Crippen LogP contribution >= 0.6 is 11.6 Å². The standard InChI is InChI=1S/C14H21ClF2N2O/c1-3-19(4-2)8-7-18-10-11-9-12(15)5-6-13(11)20-14(16)17/h5-6,9,14,18H,3-4,7-8,10H2,1-2H3. The molecule has 0 heterocycles. The normalized spacial score (nSPS) is 11.3. The molecule has 0 saturated heterocycles. The third kappa shape index (κ3) is 6.03. The van der Waals surface area contributed by atoms with Crippen LogP contribution in [-0.4, -0.2) is 37.7 Å². The molecule has 0 fully saturated rings. The lowest BCUT2D eigenvalue weighted by molar-refractivity contribution is -0.0504. The van der Waals surface area contributed by atoms with Gasteiger partial charge in [0.2, 0.25) is 0 Å². The molecule has 0 bridgehead atoms. The van der Waals surface area contributed by atoms with Crippen LogP contribution in [0.1, 0.15) is 19.4 Å². The minimum absolute atomic E-state index is 0.166. The van der Waals surface area contributed by atoms with Gasteiger partial charge in [-0.15, -0.1) is 0 Å². The minimum Gasteiger partial charge on any atom is -0.434 e. The second-order valence-electron chi connectivity index (χ2n) is 4.33. The highest BCUT2D eigenvalue weighted by Crippen LogP contribution is 2.24. The molecular formula is C14H21ClF2N2O. The summed E-state index contributed by atoms with van der Waals surface area (Å²) < 4.78 is 29.1. The maximum absolute atomic E-state index is 12.3. The van der Waals surface area contributed by atoms with E-state index in [2.05, 4.69) is 28.8 Å². The van der Waals surface area contributed by atoms with Crippen LogP contribution < -0.4 is 10.1 Å². The van der Waals surface area contributed by atoms with Crippen LogP contribution in [0.2, 0.25) is 5.02 Å². The van der Waals surface area contributed by atoms with Crippen molar-refractivity contribution in [3.8, 4) is 5.75 Å². The molecule has 0 amide bonds. The summed E-state index contributed by atoms with van der Waals surface area (Å²) in [5.41, 5.74) is 0.636. The Balaban J connectivity index is 2.51. The summed E-state index contributed by atoms with van der Waals surface area (Å²) >= 11 is 5.88. The van der Waals surface area contributed by atoms with Gasteiger partial charge in [-0.05, 0) is 31.3 Å². The van der Waals surface area contributed by atoms with E-state index in [4.69, 9.17) is 11.6 Å². The molecule has 0 radical (unpaired) electrons. The monoisotopic (exact) mass is 306 g/mol. The first-order valence-electron chi connectivity index (χ1n) is 6.73. The highest BCUT2D eigenvalue weighted by Gasteiger charge is 2.10. The lowest BCUT2D eigenvalue weighted by Gasteiger charge is -2.18. The maximum atomic E-state index is 12.3. The van der Waals surface area contributed by atoms with E-state index in [0.29, 0.717) is 17.1 Å². The number of likely N-dealkylation sites (N-methyl/N-ethyl adjacent to an activating group) is 1. The number of ether oxygens (including phenoxy) is 1. The Kier molecular flexibility index (Phi) is 7.80. The van der Waals surface area contributed by atoms with Gasteiger partial charge in [0.15, 0.2) is 0 Å². The molecule has 0 aliphatic carbocycles. The van der Waals surface area contributed by atoms with E-state index in [0.717, 1.165) is 26.2 Å². The van der Waals surface area contributed by atoms with Crippen molar-refractivity contribution >= 4 is 11.6 Å². The van der Waals surface area contributed by atoms with E-state index in [1.807, 2.05) is 0 Å². The number of nitrogens with zero attached hydrogens (tertiary/aromatic N) is 1. The average Bonchev–Trinajstić information content (AvgIpc) is 2.41. The van der Waals surface area contributed by atoms with E-state index >= 15 is 0 Å². The van der Waals surface area contributed by atoms with Crippen molar-refractivity contribution in [2.45, 2.75) is 27.0 Å². The highest BCUT2D eigenvalue weighted by molar-refractivity contribution is 6.30. The lowest BCUT2D eigenvalue weighted by Crippen LogP contribution is -2.31. The van der Waals surface area contributed by atoms with Crippen LogP contribution in [0.4, 0.5) is 8.78 Å². The number of rotatable bonds is 9. The Morgan fingerprint density at radius 1 is 1.30 bits per heavy atom. The lowest BCUT2D eigenvalue weighted by atomic mass is 10.2. The van der Waals surface area contributed by atoms with Crippen LogP contribution in [0, 0.1) is 0 Å². The molecule has 1 rings (SSSR count). The van der Waals surface area contributed by atoms with E-state index < -0.39 is 6.61 Å². The van der Waals surface area contributed by atoms with Gasteiger partial charge in [-0.2, -0.15) is 8.78 Å². The molecule has 6 heteroatoms. The van der Waals surface area contributed by atoms with Gasteiger partial charge in [-0.3, -0.25) is 0 Å². The fourth-order valence-corrected chi connectivity index (χ4v) is 2.09. The number of benzene rings is 1. The van der Waals surface area contributed by atoms with Crippen LogP contribution in [0.25, 0.3) is 0 Å². The van der Waals surface area contributed by atoms with Gasteiger partial charge in [-0.25, -0.2) is 0 Å². The molecule has 1 N–H and O–H groups in total. The molecule has 114 valence electrons. The number of halogens is 3. The van der Waals surface area contributed by atoms with Gasteiger partial charge in [0.05, 0.1) is 0 Å². The van der Waals surface area contributed by atoms with Gasteiger partial charge >= 0.3 is 6.61 Å². The summed E-state index contributed by atoms with van der Waals surface area (Å²) in [5.74, 6) is 0.166. The van der Waals surface area contributed by atoms with Crippen molar-refractivity contribution in [1.29, 1.82) is 0 Å². The maximum Gasteiger partial charge on any atom is 0.387 e. The zero-order valence-corrected chi connectivity index (χ0v) is 12.6. The fraction of sp³-hybridized carbons (Fsp3) is 0.571. The van der Waals surface area contributed by atoms with Crippen LogP contribution in [-0.2, 0) is 6.54 Å². The summed E-state index contributed by atoms with van der Waals surface area (Å²) in [7, 11) is 0. The van der Waals surface area contributed by atoms with E-state index in [1.165, 1.54) is 6.07 Å². The Morgan fingerprint density at radius 3 is 2.60 bits per heavy atom. The molecule has 0 aliphatic rings. The molecule has 0 unspecified atom stereocenters. The zero-order chi connectivity index (χ0) is 15.0. The topological polar surface area (TPSA) is 24.5 Å². The van der Waals surface area contributed by atoms with Crippen molar-refractivity contribution in [3.05, 3.63) is 28.8 Å². The molecule has 3 nitrogen and oxygen atoms in total. The van der Waals surface area contributed by atoms with Gasteiger partial charge in [0, 0.05) is 30.2 Å². The number of alkyl halides is 2. The summed E-state index contributed by atoms with van der Waals surface area (Å²) in [5, 5.41) is 3.72. The van der Waals surface area contributed by atoms with Gasteiger partial charge in [0.25, 0.3) is 0 Å². The first-order valence-corrected chi connectivity index (χ1v) is 7.10. The second-order valence-corrected chi connectivity index (χ2v) is 4.77. The molecule has 1 aromatic rings. The van der Waals surface area contributed by atoms with Crippen LogP contribution in [0.3, 0.4) is 0 Å². The molecule has 0 spiro atoms. The van der Waals surface area contributed by atoms with Gasteiger partial charge in [-0.1, -0.05) is 25.4 Å². The van der Waals surface area contributed by atoms with Crippen LogP contribution in [0.5, 0.6) is 5.75 Å². The summed E-state index contributed by atoms with van der Waals surface area (Å²) in [4.78, 5) is 2.28. The predicted molar refractivity (Wildman–Crippen MR) is 77.6 cm³/mol. The average molecular weight is 307 g/mol. The number of hydrogen-bond acceptors (Lipinski definition) is 3. The molecule has 0 atom stereocenters. The Labute approximate surface area is 123 Å². The molecule has 0 aromatic heterocycles. The van der Waals surface area contributed by atoms with Gasteiger partial charge in [0.1, 0.15) is 5.75 Å². The van der Waals surface area contributed by atoms with Crippen molar-refractivity contribution in [2.75, 3.05) is 26.2 Å². The third-order valence-corrected chi connectivity index (χ3v) is 3.29. The molecule has 0 aliphatic heterocycles. The van der Waals surface area contributed by atoms with Crippen LogP contribution in [0.15, 0.2) is 18.2 Å². The SMILES string of the molecule is CCN(CC)CCNCc1cc(Cl)ccc1OC(F)F. The molecule has 1 aromatic carbocycles. The predicted octanol–water partition coefficient (Wildman–Crippen LogP) is 3.37. The van der Waals surface area contributed by atoms with Crippen molar-refractivity contribution in [3.63, 3.8) is 0 Å². The third-order valence-electron chi connectivity index (χ3n) is 3.05. The van der Waals surface area contributed by atoms with Crippen molar-refractivity contribution in [1.82, 2.24) is 10.2 Å². The molecule has 20 heavy (non-hydrogen) atoms. The second kappa shape index (κ2) is 9.10. The summed E-state index contributed by atoms with van der Waals surface area (Å²) in [6.45, 7) is 5.52. The van der Waals surface area contributed by atoms with Crippen molar-refractivity contribution in [2.24, 2.45) is 0 Å². The first-order chi connectivity index (χ1) is 9.56. The number of hydrogen-bond donors (Lipinski definition) is 1.